The highest BCUT2D eigenvalue weighted by Gasteiger charge is 2.32. The van der Waals surface area contributed by atoms with E-state index in [4.69, 9.17) is 0 Å². The van der Waals surface area contributed by atoms with Gasteiger partial charge in [-0.3, -0.25) is 19.7 Å². The SMILES string of the molecule is CC1=C(CC(C)[N+](=O)[O-])C(=O)c2ccccc2C1=O. The van der Waals surface area contributed by atoms with Gasteiger partial charge in [-0.1, -0.05) is 24.3 Å². The first-order valence-corrected chi connectivity index (χ1v) is 5.95. The molecule has 0 bridgehead atoms. The minimum Gasteiger partial charge on any atom is -0.289 e. The number of carbonyl (C=O) groups is 2. The summed E-state index contributed by atoms with van der Waals surface area (Å²) in [7, 11) is 0. The number of carbonyl (C=O) groups excluding carboxylic acids is 2. The lowest BCUT2D eigenvalue weighted by Gasteiger charge is -2.19. The predicted octanol–water partition coefficient (Wildman–Crippen LogP) is 2.44. The molecule has 0 saturated heterocycles. The van der Waals surface area contributed by atoms with Crippen molar-refractivity contribution in [1.29, 1.82) is 0 Å². The molecule has 1 aliphatic rings. The molecule has 0 amide bonds. The van der Waals surface area contributed by atoms with Crippen molar-refractivity contribution in [2.75, 3.05) is 0 Å². The number of nitrogens with zero attached hydrogens (tertiary/aromatic N) is 1. The first kappa shape index (κ1) is 13.1. The lowest BCUT2D eigenvalue weighted by atomic mass is 9.82. The highest BCUT2D eigenvalue weighted by Crippen LogP contribution is 2.28. The van der Waals surface area contributed by atoms with Gasteiger partial charge in [-0.25, -0.2) is 0 Å². The molecule has 5 nitrogen and oxygen atoms in total. The normalized spacial score (nSPS) is 16.3. The molecule has 98 valence electrons. The lowest BCUT2D eigenvalue weighted by molar-refractivity contribution is -0.517. The topological polar surface area (TPSA) is 77.3 Å². The molecule has 0 spiro atoms. The van der Waals surface area contributed by atoms with Crippen molar-refractivity contribution in [3.63, 3.8) is 0 Å². The van der Waals surface area contributed by atoms with E-state index < -0.39 is 11.0 Å². The number of Topliss-reactive ketones (excluding diaryl/α,β-unsaturated/α-hetero) is 2. The van der Waals surface area contributed by atoms with Crippen molar-refractivity contribution in [1.82, 2.24) is 0 Å². The van der Waals surface area contributed by atoms with Gasteiger partial charge in [0.25, 0.3) is 0 Å². The van der Waals surface area contributed by atoms with Crippen LogP contribution in [0.4, 0.5) is 0 Å². The van der Waals surface area contributed by atoms with Gasteiger partial charge in [0, 0.05) is 40.5 Å². The Morgan fingerprint density at radius 3 is 2.21 bits per heavy atom. The van der Waals surface area contributed by atoms with Crippen LogP contribution in [-0.2, 0) is 0 Å². The Hall–Kier alpha value is -2.30. The zero-order valence-electron chi connectivity index (χ0n) is 10.7. The molecular formula is C14H13NO4. The highest BCUT2D eigenvalue weighted by atomic mass is 16.6. The number of allylic oxidation sites excluding steroid dienone is 1. The van der Waals surface area contributed by atoms with E-state index in [2.05, 4.69) is 0 Å². The standard InChI is InChI=1S/C14H13NO4/c1-8(15(18)19)7-12-9(2)13(16)10-5-3-4-6-11(10)14(12)17/h3-6,8H,7H2,1-2H3. The minimum atomic E-state index is -0.882. The summed E-state index contributed by atoms with van der Waals surface area (Å²) in [5.74, 6) is -0.498. The zero-order valence-corrected chi connectivity index (χ0v) is 10.7. The molecule has 1 unspecified atom stereocenters. The first-order valence-electron chi connectivity index (χ1n) is 5.95. The molecule has 0 heterocycles. The van der Waals surface area contributed by atoms with E-state index in [0.717, 1.165) is 0 Å². The maximum Gasteiger partial charge on any atom is 0.214 e. The summed E-state index contributed by atoms with van der Waals surface area (Å²) in [4.78, 5) is 34.7. The predicted molar refractivity (Wildman–Crippen MR) is 68.9 cm³/mol. The van der Waals surface area contributed by atoms with Gasteiger partial charge >= 0.3 is 0 Å². The van der Waals surface area contributed by atoms with Crippen LogP contribution in [0.15, 0.2) is 35.4 Å². The Morgan fingerprint density at radius 2 is 1.68 bits per heavy atom. The van der Waals surface area contributed by atoms with Gasteiger partial charge in [0.1, 0.15) is 0 Å². The lowest BCUT2D eigenvalue weighted by Crippen LogP contribution is -2.25. The van der Waals surface area contributed by atoms with E-state index in [-0.39, 0.29) is 23.6 Å². The summed E-state index contributed by atoms with van der Waals surface area (Å²) in [5.41, 5.74) is 1.29. The molecule has 0 radical (unpaired) electrons. The van der Waals surface area contributed by atoms with Gasteiger partial charge in [-0.2, -0.15) is 0 Å². The van der Waals surface area contributed by atoms with Gasteiger partial charge in [-0.05, 0) is 6.92 Å². The quantitative estimate of drug-likeness (QED) is 0.617. The third-order valence-corrected chi connectivity index (χ3v) is 3.34. The fourth-order valence-corrected chi connectivity index (χ4v) is 2.17. The van der Waals surface area contributed by atoms with Crippen LogP contribution >= 0.6 is 0 Å². The Morgan fingerprint density at radius 1 is 1.16 bits per heavy atom. The Kier molecular flexibility index (Phi) is 3.29. The molecule has 0 fully saturated rings. The molecule has 0 N–H and O–H groups in total. The van der Waals surface area contributed by atoms with Gasteiger partial charge in [0.05, 0.1) is 0 Å². The number of hydrogen-bond acceptors (Lipinski definition) is 4. The molecule has 0 saturated carbocycles. The van der Waals surface area contributed by atoms with E-state index in [1.807, 2.05) is 0 Å². The van der Waals surface area contributed by atoms with E-state index in [1.54, 1.807) is 31.2 Å². The average Bonchev–Trinajstić information content (AvgIpc) is 2.40. The maximum absolute atomic E-state index is 12.3. The average molecular weight is 259 g/mol. The second-order valence-electron chi connectivity index (χ2n) is 4.65. The molecule has 0 aromatic heterocycles. The van der Waals surface area contributed by atoms with Crippen LogP contribution in [0, 0.1) is 10.1 Å². The molecular weight excluding hydrogens is 246 g/mol. The van der Waals surface area contributed by atoms with Crippen molar-refractivity contribution in [3.05, 3.63) is 56.7 Å². The summed E-state index contributed by atoms with van der Waals surface area (Å²) >= 11 is 0. The molecule has 2 rings (SSSR count). The molecule has 1 aromatic carbocycles. The Labute approximate surface area is 110 Å². The van der Waals surface area contributed by atoms with Crippen molar-refractivity contribution in [2.45, 2.75) is 26.3 Å². The maximum atomic E-state index is 12.3. The summed E-state index contributed by atoms with van der Waals surface area (Å²) in [5, 5.41) is 10.7. The number of fused-ring (bicyclic) bond motifs is 1. The summed E-state index contributed by atoms with van der Waals surface area (Å²) in [6.45, 7) is 2.98. The van der Waals surface area contributed by atoms with Gasteiger partial charge < -0.3 is 0 Å². The van der Waals surface area contributed by atoms with Crippen molar-refractivity contribution in [2.24, 2.45) is 0 Å². The summed E-state index contributed by atoms with van der Waals surface area (Å²) in [6.07, 6.45) is -0.0161. The molecule has 1 aliphatic carbocycles. The first-order chi connectivity index (χ1) is 8.93. The molecule has 1 aromatic rings. The summed E-state index contributed by atoms with van der Waals surface area (Å²) in [6, 6.07) is 5.68. The van der Waals surface area contributed by atoms with Gasteiger partial charge in [-0.15, -0.1) is 0 Å². The Balaban J connectivity index is 2.46. The number of rotatable bonds is 3. The highest BCUT2D eigenvalue weighted by molar-refractivity contribution is 6.26. The number of ketones is 2. The second kappa shape index (κ2) is 4.76. The third kappa shape index (κ3) is 2.19. The largest absolute Gasteiger partial charge is 0.289 e. The monoisotopic (exact) mass is 259 g/mol. The molecule has 5 heteroatoms. The van der Waals surface area contributed by atoms with Crippen LogP contribution < -0.4 is 0 Å². The zero-order chi connectivity index (χ0) is 14.2. The van der Waals surface area contributed by atoms with E-state index in [9.17, 15) is 19.7 Å². The van der Waals surface area contributed by atoms with E-state index >= 15 is 0 Å². The van der Waals surface area contributed by atoms with E-state index in [1.165, 1.54) is 6.92 Å². The van der Waals surface area contributed by atoms with Crippen LogP contribution in [0.5, 0.6) is 0 Å². The molecule has 19 heavy (non-hydrogen) atoms. The van der Waals surface area contributed by atoms with Gasteiger partial charge in [0.2, 0.25) is 6.04 Å². The van der Waals surface area contributed by atoms with Crippen molar-refractivity contribution in [3.8, 4) is 0 Å². The van der Waals surface area contributed by atoms with Crippen molar-refractivity contribution < 1.29 is 14.5 Å². The number of nitro groups is 1. The van der Waals surface area contributed by atoms with Crippen molar-refractivity contribution >= 4 is 11.6 Å². The van der Waals surface area contributed by atoms with Crippen LogP contribution in [0.1, 0.15) is 41.0 Å². The molecule has 1 atom stereocenters. The summed E-state index contributed by atoms with van der Waals surface area (Å²) < 4.78 is 0. The molecule has 0 aliphatic heterocycles. The Bertz CT molecular complexity index is 616. The van der Waals surface area contributed by atoms with Crippen LogP contribution in [-0.4, -0.2) is 22.5 Å². The number of hydrogen-bond donors (Lipinski definition) is 0. The third-order valence-electron chi connectivity index (χ3n) is 3.34. The van der Waals surface area contributed by atoms with Crippen LogP contribution in [0.25, 0.3) is 0 Å². The van der Waals surface area contributed by atoms with Crippen LogP contribution in [0.2, 0.25) is 0 Å². The number of benzene rings is 1. The second-order valence-corrected chi connectivity index (χ2v) is 4.65. The fraction of sp³-hybridized carbons (Fsp3) is 0.286. The smallest absolute Gasteiger partial charge is 0.214 e. The van der Waals surface area contributed by atoms with Crippen LogP contribution in [0.3, 0.4) is 0 Å². The van der Waals surface area contributed by atoms with Gasteiger partial charge in [0.15, 0.2) is 11.6 Å². The minimum absolute atomic E-state index is 0.0161. The fourth-order valence-electron chi connectivity index (χ4n) is 2.17. The van der Waals surface area contributed by atoms with E-state index in [0.29, 0.717) is 16.7 Å².